The van der Waals surface area contributed by atoms with Gasteiger partial charge in [-0.25, -0.2) is 0 Å². The second kappa shape index (κ2) is 64.4. The van der Waals surface area contributed by atoms with Crippen molar-refractivity contribution in [2.75, 3.05) is 46.2 Å². The summed E-state index contributed by atoms with van der Waals surface area (Å²) in [4.78, 5) is 0. The van der Waals surface area contributed by atoms with Crippen molar-refractivity contribution >= 4 is 12.4 Å². The van der Waals surface area contributed by atoms with E-state index in [1.54, 1.807) is 27.7 Å². The Bertz CT molecular complexity index is 109. The SMILES string of the molecule is CCO.CCO.CCO.CCO.CC[O][Ti]([O]CC)[O]CC.Cl.[Ti]. The Kier molecular flexibility index (Phi) is 120. The van der Waals surface area contributed by atoms with E-state index in [-0.39, 0.29) is 60.6 Å². The van der Waals surface area contributed by atoms with E-state index < -0.39 is 19.0 Å². The van der Waals surface area contributed by atoms with Crippen molar-refractivity contribution in [1.29, 1.82) is 0 Å². The molecule has 0 saturated heterocycles. The van der Waals surface area contributed by atoms with E-state index in [0.29, 0.717) is 19.8 Å². The quantitative estimate of drug-likeness (QED) is 0.457. The van der Waals surface area contributed by atoms with Crippen LogP contribution in [0, 0.1) is 0 Å². The normalized spacial score (nSPS) is 7.12. The van der Waals surface area contributed by atoms with E-state index in [1.165, 1.54) is 0 Å². The van der Waals surface area contributed by atoms with Crippen molar-refractivity contribution in [2.45, 2.75) is 48.5 Å². The Labute approximate surface area is 177 Å². The zero-order valence-corrected chi connectivity index (χ0v) is 20.3. The van der Waals surface area contributed by atoms with Crippen molar-refractivity contribution in [1.82, 2.24) is 0 Å². The van der Waals surface area contributed by atoms with Crippen LogP contribution in [0.15, 0.2) is 0 Å². The number of rotatable bonds is 6. The van der Waals surface area contributed by atoms with Crippen LogP contribution in [0.5, 0.6) is 0 Å². The van der Waals surface area contributed by atoms with Gasteiger partial charge in [0.2, 0.25) is 0 Å². The number of hydrogen-bond donors (Lipinski definition) is 4. The Morgan fingerprint density at radius 3 is 0.750 bits per heavy atom. The molecular weight excluding hydrogens is 411 g/mol. The maximum Gasteiger partial charge on any atom is 0 e. The summed E-state index contributed by atoms with van der Waals surface area (Å²) < 4.78 is 15.7. The molecule has 0 aliphatic heterocycles. The van der Waals surface area contributed by atoms with Crippen molar-refractivity contribution in [2.24, 2.45) is 0 Å². The van der Waals surface area contributed by atoms with Gasteiger partial charge >= 0.3 is 69.6 Å². The minimum absolute atomic E-state index is 0. The molecule has 0 unspecified atom stereocenters. The van der Waals surface area contributed by atoms with Crippen LogP contribution in [-0.4, -0.2) is 66.7 Å². The third-order valence-corrected chi connectivity index (χ3v) is 3.24. The van der Waals surface area contributed by atoms with Gasteiger partial charge in [-0.3, -0.25) is 0 Å². The van der Waals surface area contributed by atoms with Gasteiger partial charge in [-0.15, -0.1) is 12.4 Å². The zero-order valence-electron chi connectivity index (χ0n) is 16.4. The molecule has 0 aromatic heterocycles. The molecule has 7 nitrogen and oxygen atoms in total. The summed E-state index contributed by atoms with van der Waals surface area (Å²) in [5.74, 6) is 0. The Balaban J connectivity index is -0.0000000348. The fourth-order valence-electron chi connectivity index (χ4n) is 0.479. The molecule has 0 bridgehead atoms. The van der Waals surface area contributed by atoms with Crippen LogP contribution >= 0.6 is 12.4 Å². The zero-order chi connectivity index (χ0) is 18.6. The van der Waals surface area contributed by atoms with Gasteiger partial charge in [0.05, 0.1) is 0 Å². The van der Waals surface area contributed by atoms with E-state index in [1.807, 2.05) is 20.8 Å². The Morgan fingerprint density at radius 2 is 0.667 bits per heavy atom. The summed E-state index contributed by atoms with van der Waals surface area (Å²) in [6, 6.07) is 0. The van der Waals surface area contributed by atoms with Gasteiger partial charge in [0.15, 0.2) is 0 Å². The largest absolute Gasteiger partial charge is 0.147 e. The molecule has 0 rings (SSSR count). The van der Waals surface area contributed by atoms with Crippen molar-refractivity contribution in [3.63, 3.8) is 0 Å². The first kappa shape index (κ1) is 44.7. The van der Waals surface area contributed by atoms with E-state index in [9.17, 15) is 0 Å². The van der Waals surface area contributed by atoms with Gasteiger partial charge < -0.3 is 20.4 Å². The average Bonchev–Trinajstić information content (AvgIpc) is 2.43. The topological polar surface area (TPSA) is 109 Å². The molecule has 0 heterocycles. The Hall–Kier alpha value is 1.44. The molecule has 0 aromatic rings. The predicted molar refractivity (Wildman–Crippen MR) is 93.2 cm³/mol. The maximum absolute atomic E-state index is 7.57. The minimum Gasteiger partial charge on any atom is -0.147 e. The minimum atomic E-state index is -1.99. The molecule has 0 aromatic carbocycles. The van der Waals surface area contributed by atoms with Crippen LogP contribution in [0.4, 0.5) is 0 Å². The van der Waals surface area contributed by atoms with Gasteiger partial charge in [-0.2, -0.15) is 0 Å². The van der Waals surface area contributed by atoms with Gasteiger partial charge in [0.1, 0.15) is 0 Å². The first-order chi connectivity index (χ1) is 10.5. The second-order valence-electron chi connectivity index (χ2n) is 2.81. The standard InChI is InChI=1S/4C2H6O.3C2H5O.ClH.2Ti/c7*1-2-3;;;/h4*3H,2H2,1H3;3*2H2,1H3;1H;;/q;;;;3*-1;;;+3. The molecule has 0 saturated carbocycles. The van der Waals surface area contributed by atoms with Crippen LogP contribution < -0.4 is 0 Å². The van der Waals surface area contributed by atoms with Crippen LogP contribution in [0.1, 0.15) is 48.5 Å². The molecule has 10 heteroatoms. The molecule has 0 spiro atoms. The van der Waals surface area contributed by atoms with Gasteiger partial charge in [-0.1, -0.05) is 0 Å². The third kappa shape index (κ3) is 108. The van der Waals surface area contributed by atoms with Crippen molar-refractivity contribution in [3.05, 3.63) is 0 Å². The molecule has 0 aliphatic rings. The van der Waals surface area contributed by atoms with Crippen LogP contribution in [-0.2, 0) is 50.7 Å². The van der Waals surface area contributed by atoms with E-state index in [0.717, 1.165) is 0 Å². The maximum atomic E-state index is 7.57. The van der Waals surface area contributed by atoms with Crippen molar-refractivity contribution < 1.29 is 71.1 Å². The number of hydrogen-bond acceptors (Lipinski definition) is 7. The van der Waals surface area contributed by atoms with Gasteiger partial charge in [0.25, 0.3) is 0 Å². The number of aliphatic hydroxyl groups is 4. The molecule has 4 N–H and O–H groups in total. The van der Waals surface area contributed by atoms with E-state index in [2.05, 4.69) is 0 Å². The first-order valence-corrected chi connectivity index (χ1v) is 9.61. The molecule has 0 aliphatic carbocycles. The number of halogens is 1. The summed E-state index contributed by atoms with van der Waals surface area (Å²) in [5, 5.41) is 30.3. The second-order valence-corrected chi connectivity index (χ2v) is 4.95. The van der Waals surface area contributed by atoms with Crippen LogP contribution in [0.3, 0.4) is 0 Å². The third-order valence-electron chi connectivity index (χ3n) is 0.787. The monoisotopic (exact) mass is 451 g/mol. The fourth-order valence-corrected chi connectivity index (χ4v) is 1.97. The summed E-state index contributed by atoms with van der Waals surface area (Å²) in [5.41, 5.74) is 0. The van der Waals surface area contributed by atoms with Gasteiger partial charge in [-0.05, 0) is 27.7 Å². The molecule has 0 amide bonds. The van der Waals surface area contributed by atoms with Gasteiger partial charge in [0, 0.05) is 48.1 Å². The summed E-state index contributed by atoms with van der Waals surface area (Å²) in [6.45, 7) is 15.6. The van der Waals surface area contributed by atoms with Crippen LogP contribution in [0.2, 0.25) is 0 Å². The molecule has 24 heavy (non-hydrogen) atoms. The molecule has 0 fully saturated rings. The van der Waals surface area contributed by atoms with Crippen molar-refractivity contribution in [3.8, 4) is 0 Å². The summed E-state index contributed by atoms with van der Waals surface area (Å²) in [7, 11) is 0. The molecule has 0 atom stereocenters. The number of aliphatic hydroxyl groups excluding tert-OH is 4. The van der Waals surface area contributed by atoms with E-state index >= 15 is 0 Å². The predicted octanol–water partition coefficient (Wildman–Crippen LogP) is 1.87. The Morgan fingerprint density at radius 1 is 0.542 bits per heavy atom. The smallest absolute Gasteiger partial charge is 0 e. The fraction of sp³-hybridized carbons (Fsp3) is 1.00. The summed E-state index contributed by atoms with van der Waals surface area (Å²) >= 11 is -1.99. The van der Waals surface area contributed by atoms with Crippen LogP contribution in [0.25, 0.3) is 0 Å². The molecule has 0 radical (unpaired) electrons. The van der Waals surface area contributed by atoms with E-state index in [4.69, 9.17) is 30.4 Å². The summed E-state index contributed by atoms with van der Waals surface area (Å²) in [6.07, 6.45) is 0. The molecular formula is C14H40ClO7Ti2. The average molecular weight is 452 g/mol. The first-order valence-electron chi connectivity index (χ1n) is 7.69. The molecule has 153 valence electrons.